The first-order valence-electron chi connectivity index (χ1n) is 13.5. The average Bonchev–Trinajstić information content (AvgIpc) is 3.43. The van der Waals surface area contributed by atoms with Crippen molar-refractivity contribution in [3.63, 3.8) is 0 Å². The van der Waals surface area contributed by atoms with Crippen LogP contribution < -0.4 is 0 Å². The van der Waals surface area contributed by atoms with Crippen LogP contribution in [0.2, 0.25) is 0 Å². The molecule has 1 aliphatic rings. The van der Waals surface area contributed by atoms with E-state index in [1.54, 1.807) is 11.3 Å². The number of rotatable bonds is 8. The maximum atomic E-state index is 13.1. The average molecular weight is 523 g/mol. The molecule has 0 spiro atoms. The van der Waals surface area contributed by atoms with E-state index in [0.717, 1.165) is 35.3 Å². The molecule has 0 bridgehead atoms. The first-order chi connectivity index (χ1) is 19.2. The second-order valence-corrected chi connectivity index (χ2v) is 11.0. The standard InChI is InChI=1S/C37H30OS/c38-36(26-34-17-9-23-39-34)32-16-7-15-30(24-32)31-22-21-29-14-8-18-35(28-12-5-2-6-13-28)37(29)33(25-31)20-19-27-10-3-1-4-11-27/h1-18,22-25H,19-21,26H2. The quantitative estimate of drug-likeness (QED) is 0.185. The van der Waals surface area contributed by atoms with Crippen molar-refractivity contribution in [2.45, 2.75) is 25.7 Å². The van der Waals surface area contributed by atoms with Gasteiger partial charge in [-0.15, -0.1) is 11.3 Å². The van der Waals surface area contributed by atoms with Crippen molar-refractivity contribution in [3.05, 3.63) is 165 Å². The third-order valence-electron chi connectivity index (χ3n) is 7.39. The Bertz CT molecular complexity index is 1640. The zero-order valence-corrected chi connectivity index (χ0v) is 22.7. The molecule has 0 amide bonds. The number of benzene rings is 4. The van der Waals surface area contributed by atoms with Gasteiger partial charge in [-0.3, -0.25) is 4.79 Å². The highest BCUT2D eigenvalue weighted by molar-refractivity contribution is 7.10. The minimum Gasteiger partial charge on any atom is -0.294 e. The van der Waals surface area contributed by atoms with Gasteiger partial charge < -0.3 is 0 Å². The van der Waals surface area contributed by atoms with Crippen molar-refractivity contribution in [1.82, 2.24) is 0 Å². The lowest BCUT2D eigenvalue weighted by atomic mass is 9.87. The molecule has 0 saturated carbocycles. The van der Waals surface area contributed by atoms with Crippen LogP contribution in [-0.4, -0.2) is 5.78 Å². The number of hydrogen-bond donors (Lipinski definition) is 0. The number of carbonyl (C=O) groups excluding carboxylic acids is 1. The molecule has 5 aromatic rings. The highest BCUT2D eigenvalue weighted by atomic mass is 32.1. The maximum Gasteiger partial charge on any atom is 0.168 e. The van der Waals surface area contributed by atoms with Crippen LogP contribution in [-0.2, 0) is 19.3 Å². The van der Waals surface area contributed by atoms with Gasteiger partial charge in [0.15, 0.2) is 5.78 Å². The number of hydrogen-bond acceptors (Lipinski definition) is 2. The fourth-order valence-electron chi connectivity index (χ4n) is 5.41. The molecule has 39 heavy (non-hydrogen) atoms. The number of allylic oxidation sites excluding steroid dienone is 4. The number of aryl methyl sites for hydroxylation is 1. The Morgan fingerprint density at radius 2 is 1.49 bits per heavy atom. The monoisotopic (exact) mass is 522 g/mol. The van der Waals surface area contributed by atoms with Crippen molar-refractivity contribution >= 4 is 28.3 Å². The zero-order valence-electron chi connectivity index (χ0n) is 21.8. The lowest BCUT2D eigenvalue weighted by Crippen LogP contribution is -2.02. The molecule has 0 fully saturated rings. The Balaban J connectivity index is 1.39. The second-order valence-electron chi connectivity index (χ2n) is 9.98. The minimum atomic E-state index is 0.163. The van der Waals surface area contributed by atoms with E-state index in [1.165, 1.54) is 39.0 Å². The van der Waals surface area contributed by atoms with Gasteiger partial charge in [0, 0.05) is 16.9 Å². The molecule has 1 aliphatic carbocycles. The van der Waals surface area contributed by atoms with Gasteiger partial charge in [0.05, 0.1) is 0 Å². The Morgan fingerprint density at radius 3 is 2.28 bits per heavy atom. The van der Waals surface area contributed by atoms with Crippen LogP contribution in [0.3, 0.4) is 0 Å². The Hall–Kier alpha value is -4.27. The van der Waals surface area contributed by atoms with Crippen LogP contribution >= 0.6 is 11.3 Å². The molecule has 190 valence electrons. The Morgan fingerprint density at radius 1 is 0.718 bits per heavy atom. The van der Waals surface area contributed by atoms with E-state index in [1.807, 2.05) is 29.6 Å². The fraction of sp³-hybridized carbons (Fsp3) is 0.108. The summed E-state index contributed by atoms with van der Waals surface area (Å²) in [6.07, 6.45) is 7.90. The van der Waals surface area contributed by atoms with Crippen LogP contribution in [0.5, 0.6) is 0 Å². The molecular formula is C37H30OS. The van der Waals surface area contributed by atoms with Crippen molar-refractivity contribution < 1.29 is 4.79 Å². The molecule has 1 aromatic heterocycles. The normalized spacial score (nSPS) is 12.7. The van der Waals surface area contributed by atoms with Crippen LogP contribution in [0.1, 0.15) is 43.9 Å². The third kappa shape index (κ3) is 5.77. The summed E-state index contributed by atoms with van der Waals surface area (Å²) in [5.41, 5.74) is 10.9. The Labute approximate surface area is 234 Å². The van der Waals surface area contributed by atoms with Gasteiger partial charge in [-0.1, -0.05) is 115 Å². The molecule has 4 aromatic carbocycles. The predicted molar refractivity (Wildman–Crippen MR) is 165 cm³/mol. The molecule has 6 rings (SSSR count). The van der Waals surface area contributed by atoms with Crippen LogP contribution in [0.4, 0.5) is 0 Å². The topological polar surface area (TPSA) is 17.1 Å². The number of ketones is 1. The number of thiophene rings is 1. The summed E-state index contributed by atoms with van der Waals surface area (Å²) in [5, 5.41) is 2.03. The van der Waals surface area contributed by atoms with E-state index in [0.29, 0.717) is 6.42 Å². The van der Waals surface area contributed by atoms with E-state index in [9.17, 15) is 4.79 Å². The van der Waals surface area contributed by atoms with Gasteiger partial charge >= 0.3 is 0 Å². The van der Waals surface area contributed by atoms with Gasteiger partial charge in [-0.25, -0.2) is 0 Å². The SMILES string of the molecule is O=C(Cc1cccs1)c1cccc(C2=CCc3cccc(-c4ccccc4)c3C(CCc3ccccc3)=C2)c1. The molecule has 0 aliphatic heterocycles. The summed E-state index contributed by atoms with van der Waals surface area (Å²) >= 11 is 1.64. The first-order valence-corrected chi connectivity index (χ1v) is 14.4. The summed E-state index contributed by atoms with van der Waals surface area (Å²) in [7, 11) is 0. The highest BCUT2D eigenvalue weighted by Crippen LogP contribution is 2.38. The van der Waals surface area contributed by atoms with Crippen molar-refractivity contribution in [2.75, 3.05) is 0 Å². The van der Waals surface area contributed by atoms with Crippen LogP contribution in [0, 0.1) is 0 Å². The van der Waals surface area contributed by atoms with Crippen molar-refractivity contribution in [1.29, 1.82) is 0 Å². The molecule has 2 heteroatoms. The van der Waals surface area contributed by atoms with Gasteiger partial charge in [0.2, 0.25) is 0 Å². The third-order valence-corrected chi connectivity index (χ3v) is 8.26. The largest absolute Gasteiger partial charge is 0.294 e. The van der Waals surface area contributed by atoms with E-state index >= 15 is 0 Å². The van der Waals surface area contributed by atoms with E-state index in [4.69, 9.17) is 0 Å². The van der Waals surface area contributed by atoms with Gasteiger partial charge in [-0.05, 0) is 81.3 Å². The summed E-state index contributed by atoms with van der Waals surface area (Å²) in [5.74, 6) is 0.163. The summed E-state index contributed by atoms with van der Waals surface area (Å²) in [4.78, 5) is 14.2. The molecule has 1 heterocycles. The van der Waals surface area contributed by atoms with E-state index in [-0.39, 0.29) is 5.78 Å². The van der Waals surface area contributed by atoms with Crippen molar-refractivity contribution in [2.24, 2.45) is 0 Å². The number of fused-ring (bicyclic) bond motifs is 1. The second kappa shape index (κ2) is 11.6. The molecule has 0 atom stereocenters. The number of carbonyl (C=O) groups is 1. The first kappa shape index (κ1) is 25.0. The molecular weight excluding hydrogens is 492 g/mol. The summed E-state index contributed by atoms with van der Waals surface area (Å²) in [6, 6.07) is 40.3. The lowest BCUT2D eigenvalue weighted by molar-refractivity contribution is 0.0994. The molecule has 0 radical (unpaired) electrons. The summed E-state index contributed by atoms with van der Waals surface area (Å²) < 4.78 is 0. The smallest absolute Gasteiger partial charge is 0.168 e. The maximum absolute atomic E-state index is 13.1. The zero-order chi connectivity index (χ0) is 26.4. The fourth-order valence-corrected chi connectivity index (χ4v) is 6.12. The predicted octanol–water partition coefficient (Wildman–Crippen LogP) is 9.50. The minimum absolute atomic E-state index is 0.163. The van der Waals surface area contributed by atoms with Crippen LogP contribution in [0.15, 0.2) is 133 Å². The van der Waals surface area contributed by atoms with Gasteiger partial charge in [-0.2, -0.15) is 0 Å². The summed E-state index contributed by atoms with van der Waals surface area (Å²) in [6.45, 7) is 0. The Kier molecular flexibility index (Phi) is 7.47. The highest BCUT2D eigenvalue weighted by Gasteiger charge is 2.18. The molecule has 1 nitrogen and oxygen atoms in total. The molecule has 0 unspecified atom stereocenters. The van der Waals surface area contributed by atoms with Gasteiger partial charge in [0.1, 0.15) is 0 Å². The van der Waals surface area contributed by atoms with Crippen LogP contribution in [0.25, 0.3) is 22.3 Å². The molecule has 0 N–H and O–H groups in total. The van der Waals surface area contributed by atoms with Gasteiger partial charge in [0.25, 0.3) is 0 Å². The lowest BCUT2D eigenvalue weighted by Gasteiger charge is -2.17. The number of Topliss-reactive ketones (excluding diaryl/α,β-unsaturated/α-hetero) is 1. The van der Waals surface area contributed by atoms with E-state index in [2.05, 4.69) is 103 Å². The molecule has 0 saturated heterocycles. The van der Waals surface area contributed by atoms with Crippen molar-refractivity contribution in [3.8, 4) is 11.1 Å². The van der Waals surface area contributed by atoms with E-state index < -0.39 is 0 Å².